The Morgan fingerprint density at radius 2 is 0.949 bits per heavy atom. The third-order valence-electron chi connectivity index (χ3n) is 15.9. The van der Waals surface area contributed by atoms with E-state index in [2.05, 4.69) is 305 Å². The Balaban J connectivity index is 0.861. The van der Waals surface area contributed by atoms with Crippen LogP contribution in [0, 0.1) is 0 Å². The van der Waals surface area contributed by atoms with E-state index in [0.717, 1.165) is 40.4 Å². The molecule has 12 aromatic carbocycles. The molecule has 0 fully saturated rings. The van der Waals surface area contributed by atoms with E-state index in [0.29, 0.717) is 0 Å². The number of fused-ring (bicyclic) bond motifs is 10. The van der Waals surface area contributed by atoms with Gasteiger partial charge in [0.05, 0.1) is 32.5 Å². The molecular formula is C74H51N3S. The molecule has 4 heteroatoms. The maximum atomic E-state index is 2.49. The minimum absolute atomic E-state index is 0.0925. The molecule has 1 atom stereocenters. The van der Waals surface area contributed by atoms with Gasteiger partial charge in [0.2, 0.25) is 0 Å². The molecular weight excluding hydrogens is 963 g/mol. The first-order chi connectivity index (χ1) is 38.7. The van der Waals surface area contributed by atoms with Crippen molar-refractivity contribution in [2.75, 3.05) is 4.90 Å². The van der Waals surface area contributed by atoms with Gasteiger partial charge in [0.25, 0.3) is 0 Å². The molecule has 0 spiro atoms. The standard InChI is InChI=1S/C74H51N3S/c1-6-21-51(22-7-1)53-38-44-69-67(48-53)62-40-37-50(46-70(62)76(69)57-29-12-4-13-30-57)45-66(52-23-8-2-9-24-52)55-26-20-25-54(47-55)60-33-16-18-35-68(60)75(56-27-10-3-11-28-56)59-39-41-61-64-42-43-65-63-34-17-19-36-72(63)78-74(65)73(64)77(71(61)49-59)58-31-14-5-15-32-58/h1-44,46-49,66H,45H2. The number of anilines is 3. The second-order valence-corrected chi connectivity index (χ2v) is 21.5. The normalized spacial score (nSPS) is 12.1. The van der Waals surface area contributed by atoms with Gasteiger partial charge < -0.3 is 14.0 Å². The number of hydrogen-bond acceptors (Lipinski definition) is 2. The van der Waals surface area contributed by atoms with Crippen LogP contribution in [0.5, 0.6) is 0 Å². The summed E-state index contributed by atoms with van der Waals surface area (Å²) in [7, 11) is 0. The van der Waals surface area contributed by atoms with Crippen molar-refractivity contribution in [3.8, 4) is 33.6 Å². The summed E-state index contributed by atoms with van der Waals surface area (Å²) in [5.74, 6) is 0.0925. The van der Waals surface area contributed by atoms with Crippen molar-refractivity contribution in [2.45, 2.75) is 12.3 Å². The van der Waals surface area contributed by atoms with Gasteiger partial charge in [0, 0.05) is 71.2 Å². The quantitative estimate of drug-likeness (QED) is 0.126. The van der Waals surface area contributed by atoms with Crippen LogP contribution in [-0.4, -0.2) is 9.13 Å². The summed E-state index contributed by atoms with van der Waals surface area (Å²) in [5.41, 5.74) is 19.1. The van der Waals surface area contributed by atoms with Crippen molar-refractivity contribution in [1.82, 2.24) is 9.13 Å². The van der Waals surface area contributed by atoms with Crippen molar-refractivity contribution in [2.24, 2.45) is 0 Å². The summed E-state index contributed by atoms with van der Waals surface area (Å²) in [6.45, 7) is 0. The highest BCUT2D eigenvalue weighted by Crippen LogP contribution is 2.47. The highest BCUT2D eigenvalue weighted by atomic mass is 32.1. The zero-order chi connectivity index (χ0) is 51.5. The van der Waals surface area contributed by atoms with Crippen molar-refractivity contribution in [3.05, 3.63) is 308 Å². The first kappa shape index (κ1) is 45.6. The van der Waals surface area contributed by atoms with Gasteiger partial charge in [-0.05, 0) is 119 Å². The Kier molecular flexibility index (Phi) is 11.2. The molecule has 15 aromatic rings. The second-order valence-electron chi connectivity index (χ2n) is 20.4. The summed E-state index contributed by atoms with van der Waals surface area (Å²) >= 11 is 1.89. The number of para-hydroxylation sites is 4. The molecule has 368 valence electrons. The lowest BCUT2D eigenvalue weighted by atomic mass is 9.84. The average Bonchev–Trinajstić information content (AvgIpc) is 4.34. The summed E-state index contributed by atoms with van der Waals surface area (Å²) in [4.78, 5) is 2.45. The third-order valence-corrected chi connectivity index (χ3v) is 17.1. The van der Waals surface area contributed by atoms with Crippen molar-refractivity contribution in [1.29, 1.82) is 0 Å². The molecule has 0 amide bonds. The Morgan fingerprint density at radius 3 is 1.74 bits per heavy atom. The topological polar surface area (TPSA) is 13.1 Å². The van der Waals surface area contributed by atoms with Crippen molar-refractivity contribution < 1.29 is 0 Å². The van der Waals surface area contributed by atoms with E-state index >= 15 is 0 Å². The number of hydrogen-bond donors (Lipinski definition) is 0. The number of benzene rings is 12. The van der Waals surface area contributed by atoms with Crippen LogP contribution in [0.4, 0.5) is 17.1 Å². The van der Waals surface area contributed by atoms with E-state index in [9.17, 15) is 0 Å². The molecule has 0 N–H and O–H groups in total. The molecule has 0 aliphatic rings. The van der Waals surface area contributed by atoms with Crippen LogP contribution in [-0.2, 0) is 6.42 Å². The maximum Gasteiger partial charge on any atom is 0.0719 e. The first-order valence-corrected chi connectivity index (χ1v) is 27.7. The van der Waals surface area contributed by atoms with Gasteiger partial charge in [0.1, 0.15) is 0 Å². The molecule has 1 unspecified atom stereocenters. The van der Waals surface area contributed by atoms with Crippen molar-refractivity contribution >= 4 is 92.2 Å². The largest absolute Gasteiger partial charge is 0.310 e. The van der Waals surface area contributed by atoms with Crippen LogP contribution in [0.1, 0.15) is 22.6 Å². The van der Waals surface area contributed by atoms with Gasteiger partial charge in [-0.2, -0.15) is 0 Å². The van der Waals surface area contributed by atoms with Gasteiger partial charge in [-0.15, -0.1) is 11.3 Å². The minimum Gasteiger partial charge on any atom is -0.310 e. The van der Waals surface area contributed by atoms with Crippen LogP contribution >= 0.6 is 11.3 Å². The lowest BCUT2D eigenvalue weighted by Crippen LogP contribution is -2.11. The predicted octanol–water partition coefficient (Wildman–Crippen LogP) is 20.4. The van der Waals surface area contributed by atoms with Gasteiger partial charge in [0.15, 0.2) is 0 Å². The van der Waals surface area contributed by atoms with Crippen LogP contribution in [0.3, 0.4) is 0 Å². The van der Waals surface area contributed by atoms with Gasteiger partial charge in [-0.1, -0.05) is 212 Å². The maximum absolute atomic E-state index is 2.49. The lowest BCUT2D eigenvalue weighted by molar-refractivity contribution is 0.806. The summed E-state index contributed by atoms with van der Waals surface area (Å²) < 4.78 is 7.55. The van der Waals surface area contributed by atoms with Crippen LogP contribution in [0.15, 0.2) is 291 Å². The highest BCUT2D eigenvalue weighted by molar-refractivity contribution is 7.26. The average molecular weight is 1010 g/mol. The Labute approximate surface area is 457 Å². The Morgan fingerprint density at radius 1 is 0.346 bits per heavy atom. The van der Waals surface area contributed by atoms with Crippen LogP contribution in [0.25, 0.3) is 97.4 Å². The van der Waals surface area contributed by atoms with Gasteiger partial charge in [-0.25, -0.2) is 0 Å². The molecule has 3 aromatic heterocycles. The van der Waals surface area contributed by atoms with Gasteiger partial charge in [-0.3, -0.25) is 0 Å². The molecule has 0 bridgehead atoms. The van der Waals surface area contributed by atoms with Gasteiger partial charge >= 0.3 is 0 Å². The zero-order valence-corrected chi connectivity index (χ0v) is 43.6. The molecule has 3 nitrogen and oxygen atoms in total. The molecule has 0 radical (unpaired) electrons. The first-order valence-electron chi connectivity index (χ1n) is 26.9. The van der Waals surface area contributed by atoms with Crippen LogP contribution < -0.4 is 4.90 Å². The molecule has 0 saturated carbocycles. The number of nitrogens with zero attached hydrogens (tertiary/aromatic N) is 3. The molecule has 0 aliphatic heterocycles. The van der Waals surface area contributed by atoms with E-state index in [1.54, 1.807) is 0 Å². The van der Waals surface area contributed by atoms with E-state index in [1.807, 2.05) is 11.3 Å². The van der Waals surface area contributed by atoms with E-state index < -0.39 is 0 Å². The van der Waals surface area contributed by atoms with E-state index in [-0.39, 0.29) is 5.92 Å². The van der Waals surface area contributed by atoms with Crippen LogP contribution in [0.2, 0.25) is 0 Å². The predicted molar refractivity (Wildman–Crippen MR) is 332 cm³/mol. The summed E-state index contributed by atoms with van der Waals surface area (Å²) in [6.07, 6.45) is 0.829. The second kappa shape index (κ2) is 19.1. The molecule has 78 heavy (non-hydrogen) atoms. The smallest absolute Gasteiger partial charge is 0.0719 e. The fraction of sp³-hybridized carbons (Fsp3) is 0.0270. The summed E-state index contributed by atoms with van der Waals surface area (Å²) in [5, 5.41) is 7.60. The Hall–Kier alpha value is -9.74. The molecule has 0 saturated heterocycles. The van der Waals surface area contributed by atoms with E-state index in [1.165, 1.54) is 97.2 Å². The zero-order valence-electron chi connectivity index (χ0n) is 42.7. The highest BCUT2D eigenvalue weighted by Gasteiger charge is 2.24. The number of rotatable bonds is 11. The third kappa shape index (κ3) is 7.80. The molecule has 15 rings (SSSR count). The minimum atomic E-state index is 0.0925. The lowest BCUT2D eigenvalue weighted by Gasteiger charge is -2.28. The molecule has 3 heterocycles. The fourth-order valence-electron chi connectivity index (χ4n) is 12.3. The number of aromatic nitrogens is 2. The van der Waals surface area contributed by atoms with Crippen molar-refractivity contribution in [3.63, 3.8) is 0 Å². The SMILES string of the molecule is c1ccc(-c2ccc3c(c2)c2ccc(CC(c4ccccc4)c4cccc(-c5ccccc5N(c5ccccc5)c5ccc6c7ccc8c9ccccc9sc8c7n(-c7ccccc7)c6c5)c4)cc2n3-c2ccccc2)cc1. The monoisotopic (exact) mass is 1010 g/mol. The Bertz CT molecular complexity index is 4690. The molecule has 0 aliphatic carbocycles. The fourth-order valence-corrected chi connectivity index (χ4v) is 13.5. The number of thiophene rings is 1. The summed E-state index contributed by atoms with van der Waals surface area (Å²) in [6, 6.07) is 107. The van der Waals surface area contributed by atoms with E-state index in [4.69, 9.17) is 0 Å².